The van der Waals surface area contributed by atoms with Crippen LogP contribution >= 0.6 is 0 Å². The molecule has 1 aliphatic heterocycles. The monoisotopic (exact) mass is 261 g/mol. The molecule has 0 bridgehead atoms. The van der Waals surface area contributed by atoms with Gasteiger partial charge in [-0.3, -0.25) is 4.79 Å². The molecule has 0 fully saturated rings. The van der Waals surface area contributed by atoms with E-state index in [0.717, 1.165) is 24.9 Å². The Bertz CT molecular complexity index is 499. The van der Waals surface area contributed by atoms with Crippen LogP contribution in [-0.2, 0) is 11.2 Å². The van der Waals surface area contributed by atoms with E-state index in [-0.39, 0.29) is 11.7 Å². The first kappa shape index (κ1) is 13.4. The van der Waals surface area contributed by atoms with Gasteiger partial charge in [0.25, 0.3) is 0 Å². The molecule has 1 aromatic carbocycles. The SMILES string of the molecule is CC(C(=O)N1CCCCc2ccccc21)C(N)=NO. The Balaban J connectivity index is 2.32. The number of benzene rings is 1. The molecule has 0 saturated carbocycles. The van der Waals surface area contributed by atoms with Crippen LogP contribution in [0.4, 0.5) is 5.69 Å². The number of nitrogens with zero attached hydrogens (tertiary/aromatic N) is 2. The van der Waals surface area contributed by atoms with Gasteiger partial charge in [-0.05, 0) is 37.8 Å². The van der Waals surface area contributed by atoms with Crippen LogP contribution in [0.25, 0.3) is 0 Å². The molecule has 0 saturated heterocycles. The van der Waals surface area contributed by atoms with E-state index in [0.29, 0.717) is 6.54 Å². The van der Waals surface area contributed by atoms with Gasteiger partial charge in [-0.2, -0.15) is 0 Å². The van der Waals surface area contributed by atoms with Gasteiger partial charge in [0, 0.05) is 12.2 Å². The van der Waals surface area contributed by atoms with E-state index in [1.807, 2.05) is 18.2 Å². The number of amidine groups is 1. The Morgan fingerprint density at radius 1 is 1.42 bits per heavy atom. The summed E-state index contributed by atoms with van der Waals surface area (Å²) in [6, 6.07) is 7.92. The van der Waals surface area contributed by atoms with Crippen molar-refractivity contribution in [3.63, 3.8) is 0 Å². The first-order valence-electron chi connectivity index (χ1n) is 6.52. The summed E-state index contributed by atoms with van der Waals surface area (Å²) < 4.78 is 0. The van der Waals surface area contributed by atoms with Crippen molar-refractivity contribution < 1.29 is 10.0 Å². The first-order chi connectivity index (χ1) is 9.15. The molecule has 1 aromatic rings. The van der Waals surface area contributed by atoms with Crippen molar-refractivity contribution in [1.29, 1.82) is 0 Å². The number of carbonyl (C=O) groups is 1. The summed E-state index contributed by atoms with van der Waals surface area (Å²) in [6.45, 7) is 2.34. The average Bonchev–Trinajstić information content (AvgIpc) is 2.67. The van der Waals surface area contributed by atoms with Crippen molar-refractivity contribution in [2.24, 2.45) is 16.8 Å². The minimum atomic E-state index is -0.615. The Hall–Kier alpha value is -2.04. The fraction of sp³-hybridized carbons (Fsp3) is 0.429. The van der Waals surface area contributed by atoms with Gasteiger partial charge in [0.05, 0.1) is 5.92 Å². The third-order valence-corrected chi connectivity index (χ3v) is 3.56. The normalized spacial score (nSPS) is 17.5. The van der Waals surface area contributed by atoms with E-state index in [4.69, 9.17) is 10.9 Å². The van der Waals surface area contributed by atoms with E-state index >= 15 is 0 Å². The molecule has 1 heterocycles. The molecule has 2 rings (SSSR count). The van der Waals surface area contributed by atoms with E-state index in [1.165, 1.54) is 5.56 Å². The van der Waals surface area contributed by atoms with Gasteiger partial charge in [0.15, 0.2) is 5.84 Å². The predicted octanol–water partition coefficient (Wildman–Crippen LogP) is 1.74. The number of oxime groups is 1. The largest absolute Gasteiger partial charge is 0.409 e. The van der Waals surface area contributed by atoms with Crippen LogP contribution in [0.1, 0.15) is 25.3 Å². The van der Waals surface area contributed by atoms with Crippen LogP contribution < -0.4 is 10.6 Å². The smallest absolute Gasteiger partial charge is 0.237 e. The molecule has 1 amide bonds. The number of amides is 1. The zero-order chi connectivity index (χ0) is 13.8. The lowest BCUT2D eigenvalue weighted by Crippen LogP contribution is -2.41. The number of carbonyl (C=O) groups excluding carboxylic acids is 1. The fourth-order valence-corrected chi connectivity index (χ4v) is 2.37. The van der Waals surface area contributed by atoms with E-state index < -0.39 is 5.92 Å². The van der Waals surface area contributed by atoms with Crippen LogP contribution in [0, 0.1) is 5.92 Å². The maximum absolute atomic E-state index is 12.5. The highest BCUT2D eigenvalue weighted by Gasteiger charge is 2.27. The lowest BCUT2D eigenvalue weighted by molar-refractivity contribution is -0.120. The number of rotatable bonds is 2. The molecule has 19 heavy (non-hydrogen) atoms. The number of para-hydroxylation sites is 1. The Labute approximate surface area is 112 Å². The first-order valence-corrected chi connectivity index (χ1v) is 6.52. The number of hydrogen-bond acceptors (Lipinski definition) is 3. The second kappa shape index (κ2) is 5.73. The number of nitrogens with two attached hydrogens (primary N) is 1. The topological polar surface area (TPSA) is 78.9 Å². The van der Waals surface area contributed by atoms with E-state index in [2.05, 4.69) is 11.2 Å². The fourth-order valence-electron chi connectivity index (χ4n) is 2.37. The lowest BCUT2D eigenvalue weighted by atomic mass is 10.1. The molecule has 0 aliphatic carbocycles. The third kappa shape index (κ3) is 2.70. The summed E-state index contributed by atoms with van der Waals surface area (Å²) in [6.07, 6.45) is 3.01. The maximum atomic E-state index is 12.5. The highest BCUT2D eigenvalue weighted by atomic mass is 16.4. The zero-order valence-corrected chi connectivity index (χ0v) is 11.0. The molecular formula is C14H19N3O2. The molecule has 0 spiro atoms. The summed E-state index contributed by atoms with van der Waals surface area (Å²) in [5, 5.41) is 11.6. The lowest BCUT2D eigenvalue weighted by Gasteiger charge is -2.25. The molecule has 0 radical (unpaired) electrons. The molecule has 102 valence electrons. The van der Waals surface area contributed by atoms with Crippen LogP contribution in [-0.4, -0.2) is 23.5 Å². The highest BCUT2D eigenvalue weighted by molar-refractivity contribution is 6.08. The quantitative estimate of drug-likeness (QED) is 0.368. The van der Waals surface area contributed by atoms with Crippen LogP contribution in [0.5, 0.6) is 0 Å². The minimum Gasteiger partial charge on any atom is -0.409 e. The zero-order valence-electron chi connectivity index (χ0n) is 11.0. The van der Waals surface area contributed by atoms with Crippen molar-refractivity contribution in [1.82, 2.24) is 0 Å². The van der Waals surface area contributed by atoms with Crippen LogP contribution in [0.2, 0.25) is 0 Å². The highest BCUT2D eigenvalue weighted by Crippen LogP contribution is 2.27. The minimum absolute atomic E-state index is 0.0493. The molecule has 1 unspecified atom stereocenters. The maximum Gasteiger partial charge on any atom is 0.237 e. The van der Waals surface area contributed by atoms with Gasteiger partial charge >= 0.3 is 0 Å². The average molecular weight is 261 g/mol. The van der Waals surface area contributed by atoms with Gasteiger partial charge in [0.1, 0.15) is 0 Å². The van der Waals surface area contributed by atoms with Crippen molar-refractivity contribution in [2.75, 3.05) is 11.4 Å². The second-order valence-electron chi connectivity index (χ2n) is 4.82. The number of aryl methyl sites for hydroxylation is 1. The summed E-state index contributed by atoms with van der Waals surface area (Å²) in [7, 11) is 0. The third-order valence-electron chi connectivity index (χ3n) is 3.56. The summed E-state index contributed by atoms with van der Waals surface area (Å²) >= 11 is 0. The van der Waals surface area contributed by atoms with Crippen molar-refractivity contribution in [3.8, 4) is 0 Å². The summed E-state index contributed by atoms with van der Waals surface area (Å²) in [5.74, 6) is -0.785. The Morgan fingerprint density at radius 2 is 2.16 bits per heavy atom. The molecular weight excluding hydrogens is 242 g/mol. The number of hydrogen-bond donors (Lipinski definition) is 2. The van der Waals surface area contributed by atoms with Gasteiger partial charge in [0.2, 0.25) is 5.91 Å². The van der Waals surface area contributed by atoms with Gasteiger partial charge < -0.3 is 15.8 Å². The van der Waals surface area contributed by atoms with Crippen molar-refractivity contribution >= 4 is 17.4 Å². The van der Waals surface area contributed by atoms with Gasteiger partial charge in [-0.15, -0.1) is 0 Å². The molecule has 5 heteroatoms. The summed E-state index contributed by atoms with van der Waals surface area (Å²) in [4.78, 5) is 14.2. The molecule has 1 atom stereocenters. The Morgan fingerprint density at radius 3 is 2.89 bits per heavy atom. The van der Waals surface area contributed by atoms with E-state index in [9.17, 15) is 4.79 Å². The summed E-state index contributed by atoms with van der Waals surface area (Å²) in [5.41, 5.74) is 7.66. The van der Waals surface area contributed by atoms with Crippen LogP contribution in [0.3, 0.4) is 0 Å². The van der Waals surface area contributed by atoms with Crippen LogP contribution in [0.15, 0.2) is 29.4 Å². The molecule has 5 nitrogen and oxygen atoms in total. The molecule has 1 aliphatic rings. The van der Waals surface area contributed by atoms with Gasteiger partial charge in [-0.25, -0.2) is 0 Å². The van der Waals surface area contributed by atoms with Gasteiger partial charge in [-0.1, -0.05) is 23.4 Å². The van der Waals surface area contributed by atoms with Crippen molar-refractivity contribution in [2.45, 2.75) is 26.2 Å². The molecule has 3 N–H and O–H groups in total. The number of anilines is 1. The Kier molecular flexibility index (Phi) is 4.04. The molecule has 0 aromatic heterocycles. The second-order valence-corrected chi connectivity index (χ2v) is 4.82. The number of fused-ring (bicyclic) bond motifs is 1. The predicted molar refractivity (Wildman–Crippen MR) is 74.3 cm³/mol. The standard InChI is InChI=1S/C14H19N3O2/c1-10(13(15)16-19)14(18)17-9-5-4-7-11-6-2-3-8-12(11)17/h2-3,6,8,10,19H,4-5,7,9H2,1H3,(H2,15,16). The van der Waals surface area contributed by atoms with Crippen molar-refractivity contribution in [3.05, 3.63) is 29.8 Å². The van der Waals surface area contributed by atoms with E-state index in [1.54, 1.807) is 11.8 Å².